The molecule has 4 N–H and O–H groups in total. The van der Waals surface area contributed by atoms with Gasteiger partial charge >= 0.3 is 0 Å². The van der Waals surface area contributed by atoms with Gasteiger partial charge in [-0.05, 0) is 13.0 Å². The topological polar surface area (TPSA) is 84.2 Å². The highest BCUT2D eigenvalue weighted by atomic mass is 16.3. The van der Waals surface area contributed by atoms with Gasteiger partial charge in [0.1, 0.15) is 0 Å². The molecule has 1 heterocycles. The SMILES string of the molecule is CCCN1C(CO)[C@@H](O)[C@H](O)[C@H]1CO. The average Bonchev–Trinajstić information content (AvgIpc) is 2.40. The zero-order valence-corrected chi connectivity index (χ0v) is 8.37. The third-order valence-corrected chi connectivity index (χ3v) is 2.85. The van der Waals surface area contributed by atoms with E-state index in [4.69, 9.17) is 10.2 Å². The van der Waals surface area contributed by atoms with Crippen molar-refractivity contribution in [1.82, 2.24) is 4.90 Å². The van der Waals surface area contributed by atoms with Crippen molar-refractivity contribution < 1.29 is 20.4 Å². The van der Waals surface area contributed by atoms with Gasteiger partial charge in [0.2, 0.25) is 0 Å². The van der Waals surface area contributed by atoms with Crippen LogP contribution in [0.2, 0.25) is 0 Å². The van der Waals surface area contributed by atoms with Gasteiger partial charge in [0, 0.05) is 0 Å². The lowest BCUT2D eigenvalue weighted by Crippen LogP contribution is -2.43. The number of nitrogens with zero attached hydrogens (tertiary/aromatic N) is 1. The van der Waals surface area contributed by atoms with Gasteiger partial charge in [0.05, 0.1) is 37.5 Å². The molecule has 1 aliphatic rings. The summed E-state index contributed by atoms with van der Waals surface area (Å²) in [5, 5.41) is 37.3. The Hall–Kier alpha value is -0.200. The lowest BCUT2D eigenvalue weighted by molar-refractivity contribution is 0.0130. The number of aliphatic hydroxyl groups is 4. The summed E-state index contributed by atoms with van der Waals surface area (Å²) in [6, 6.07) is -0.913. The molecule has 0 amide bonds. The first-order valence-corrected chi connectivity index (χ1v) is 5.01. The van der Waals surface area contributed by atoms with Gasteiger partial charge < -0.3 is 20.4 Å². The zero-order chi connectivity index (χ0) is 10.7. The number of likely N-dealkylation sites (tertiary alicyclic amines) is 1. The van der Waals surface area contributed by atoms with Crippen LogP contribution < -0.4 is 0 Å². The number of hydrogen-bond donors (Lipinski definition) is 4. The lowest BCUT2D eigenvalue weighted by atomic mass is 10.1. The molecule has 14 heavy (non-hydrogen) atoms. The maximum absolute atomic E-state index is 9.59. The fourth-order valence-electron chi connectivity index (χ4n) is 2.11. The predicted octanol–water partition coefficient (Wildman–Crippen LogP) is -1.84. The Bertz CT molecular complexity index is 162. The van der Waals surface area contributed by atoms with Crippen LogP contribution in [-0.2, 0) is 0 Å². The van der Waals surface area contributed by atoms with Crippen LogP contribution in [0.1, 0.15) is 13.3 Å². The molecular weight excluding hydrogens is 186 g/mol. The Labute approximate surface area is 83.6 Å². The molecule has 1 unspecified atom stereocenters. The molecular formula is C9H19NO4. The molecule has 4 atom stereocenters. The van der Waals surface area contributed by atoms with Crippen molar-refractivity contribution in [3.63, 3.8) is 0 Å². The van der Waals surface area contributed by atoms with Crippen molar-refractivity contribution in [2.75, 3.05) is 19.8 Å². The average molecular weight is 205 g/mol. The van der Waals surface area contributed by atoms with Crippen LogP contribution in [0.15, 0.2) is 0 Å². The van der Waals surface area contributed by atoms with Crippen molar-refractivity contribution in [2.45, 2.75) is 37.6 Å². The normalized spacial score (nSPS) is 39.2. The first kappa shape index (κ1) is 11.9. The molecule has 0 aromatic rings. The zero-order valence-electron chi connectivity index (χ0n) is 8.37. The third-order valence-electron chi connectivity index (χ3n) is 2.85. The van der Waals surface area contributed by atoms with Gasteiger partial charge in [-0.2, -0.15) is 0 Å². The number of aliphatic hydroxyl groups excluding tert-OH is 4. The Morgan fingerprint density at radius 2 is 1.43 bits per heavy atom. The van der Waals surface area contributed by atoms with E-state index < -0.39 is 24.3 Å². The predicted molar refractivity (Wildman–Crippen MR) is 50.8 cm³/mol. The maximum atomic E-state index is 9.59. The second-order valence-electron chi connectivity index (χ2n) is 3.72. The van der Waals surface area contributed by atoms with Crippen LogP contribution in [0.5, 0.6) is 0 Å². The largest absolute Gasteiger partial charge is 0.395 e. The van der Waals surface area contributed by atoms with Gasteiger partial charge in [-0.3, -0.25) is 4.90 Å². The van der Waals surface area contributed by atoms with Crippen molar-refractivity contribution in [3.8, 4) is 0 Å². The molecule has 0 spiro atoms. The first-order chi connectivity index (χ1) is 6.67. The standard InChI is InChI=1S/C9H19NO4/c1-2-3-10-6(4-11)8(13)9(14)7(10)5-12/h6-9,11-14H,2-5H2,1H3/t6-,7?,8-,9-/m1/s1. The molecule has 1 rings (SSSR count). The van der Waals surface area contributed by atoms with E-state index in [1.165, 1.54) is 0 Å². The van der Waals surface area contributed by atoms with Crippen molar-refractivity contribution in [3.05, 3.63) is 0 Å². The minimum atomic E-state index is -0.969. The van der Waals surface area contributed by atoms with E-state index in [1.54, 1.807) is 4.90 Å². The van der Waals surface area contributed by atoms with Crippen LogP contribution in [0.3, 0.4) is 0 Å². The van der Waals surface area contributed by atoms with Crippen LogP contribution in [-0.4, -0.2) is 69.4 Å². The van der Waals surface area contributed by atoms with Gasteiger partial charge in [0.15, 0.2) is 0 Å². The van der Waals surface area contributed by atoms with E-state index in [1.807, 2.05) is 6.92 Å². The van der Waals surface area contributed by atoms with E-state index in [2.05, 4.69) is 0 Å². The molecule has 0 aliphatic carbocycles. The molecule has 5 nitrogen and oxygen atoms in total. The fraction of sp³-hybridized carbons (Fsp3) is 1.00. The lowest BCUT2D eigenvalue weighted by Gasteiger charge is -2.27. The first-order valence-electron chi connectivity index (χ1n) is 5.01. The second-order valence-corrected chi connectivity index (χ2v) is 3.72. The Kier molecular flexibility index (Phi) is 4.28. The minimum absolute atomic E-state index is 0.200. The minimum Gasteiger partial charge on any atom is -0.395 e. The summed E-state index contributed by atoms with van der Waals surface area (Å²) in [5.41, 5.74) is 0. The highest BCUT2D eigenvalue weighted by Gasteiger charge is 2.46. The van der Waals surface area contributed by atoms with E-state index in [9.17, 15) is 10.2 Å². The second kappa shape index (κ2) is 5.04. The maximum Gasteiger partial charge on any atom is 0.0992 e. The van der Waals surface area contributed by atoms with Crippen molar-refractivity contribution >= 4 is 0 Å². The third kappa shape index (κ3) is 1.92. The van der Waals surface area contributed by atoms with E-state index in [0.29, 0.717) is 6.54 Å². The smallest absolute Gasteiger partial charge is 0.0992 e. The molecule has 0 aromatic carbocycles. The van der Waals surface area contributed by atoms with Gasteiger partial charge in [-0.25, -0.2) is 0 Å². The van der Waals surface area contributed by atoms with Gasteiger partial charge in [-0.15, -0.1) is 0 Å². The highest BCUT2D eigenvalue weighted by molar-refractivity contribution is 5.00. The van der Waals surface area contributed by atoms with E-state index in [-0.39, 0.29) is 13.2 Å². The summed E-state index contributed by atoms with van der Waals surface area (Å²) >= 11 is 0. The summed E-state index contributed by atoms with van der Waals surface area (Å²) in [4.78, 5) is 1.77. The molecule has 5 heteroatoms. The number of hydrogen-bond acceptors (Lipinski definition) is 5. The van der Waals surface area contributed by atoms with Crippen LogP contribution in [0, 0.1) is 0 Å². The summed E-state index contributed by atoms with van der Waals surface area (Å²) in [5.74, 6) is 0. The number of rotatable bonds is 4. The molecule has 0 aromatic heterocycles. The fourth-order valence-corrected chi connectivity index (χ4v) is 2.11. The Morgan fingerprint density at radius 3 is 1.71 bits per heavy atom. The van der Waals surface area contributed by atoms with Crippen LogP contribution >= 0.6 is 0 Å². The molecule has 1 aliphatic heterocycles. The monoisotopic (exact) mass is 205 g/mol. The molecule has 84 valence electrons. The molecule has 0 bridgehead atoms. The summed E-state index contributed by atoms with van der Waals surface area (Å²) in [6.07, 6.45) is -1.08. The Balaban J connectivity index is 2.74. The van der Waals surface area contributed by atoms with Crippen molar-refractivity contribution in [2.24, 2.45) is 0 Å². The van der Waals surface area contributed by atoms with E-state index in [0.717, 1.165) is 6.42 Å². The van der Waals surface area contributed by atoms with Gasteiger partial charge in [0.25, 0.3) is 0 Å². The molecule has 1 fully saturated rings. The van der Waals surface area contributed by atoms with Crippen LogP contribution in [0.25, 0.3) is 0 Å². The summed E-state index contributed by atoms with van der Waals surface area (Å²) in [7, 11) is 0. The van der Waals surface area contributed by atoms with E-state index >= 15 is 0 Å². The summed E-state index contributed by atoms with van der Waals surface area (Å²) in [6.45, 7) is 2.23. The quantitative estimate of drug-likeness (QED) is 0.433. The van der Waals surface area contributed by atoms with Gasteiger partial charge in [-0.1, -0.05) is 6.92 Å². The Morgan fingerprint density at radius 1 is 1.00 bits per heavy atom. The molecule has 1 saturated heterocycles. The van der Waals surface area contributed by atoms with Crippen LogP contribution in [0.4, 0.5) is 0 Å². The highest BCUT2D eigenvalue weighted by Crippen LogP contribution is 2.24. The molecule has 0 radical (unpaired) electrons. The molecule has 0 saturated carbocycles. The summed E-state index contributed by atoms with van der Waals surface area (Å²) < 4.78 is 0. The van der Waals surface area contributed by atoms with Crippen molar-refractivity contribution in [1.29, 1.82) is 0 Å².